The molecule has 0 fully saturated rings. The SMILES string of the molecule is CCCNC(C)c1ccnc(Oc2cncc(Cl)c2)c1. The monoisotopic (exact) mass is 291 g/mol. The fourth-order valence-electron chi connectivity index (χ4n) is 1.80. The Labute approximate surface area is 124 Å². The maximum atomic E-state index is 5.88. The normalized spacial score (nSPS) is 12.2. The molecule has 0 radical (unpaired) electrons. The highest BCUT2D eigenvalue weighted by Crippen LogP contribution is 2.23. The van der Waals surface area contributed by atoms with E-state index in [0.717, 1.165) is 18.5 Å². The van der Waals surface area contributed by atoms with Gasteiger partial charge in [0.2, 0.25) is 5.88 Å². The fourth-order valence-corrected chi connectivity index (χ4v) is 1.96. The average Bonchev–Trinajstić information content (AvgIpc) is 2.45. The summed E-state index contributed by atoms with van der Waals surface area (Å²) in [5, 5.41) is 3.97. The summed E-state index contributed by atoms with van der Waals surface area (Å²) < 4.78 is 5.67. The molecule has 0 bridgehead atoms. The quantitative estimate of drug-likeness (QED) is 0.874. The molecule has 1 atom stereocenters. The lowest BCUT2D eigenvalue weighted by molar-refractivity contribution is 0.458. The number of nitrogens with zero attached hydrogens (tertiary/aromatic N) is 2. The molecule has 20 heavy (non-hydrogen) atoms. The van der Waals surface area contributed by atoms with Crippen molar-refractivity contribution in [1.29, 1.82) is 0 Å². The number of aromatic nitrogens is 2. The maximum Gasteiger partial charge on any atom is 0.219 e. The summed E-state index contributed by atoms with van der Waals surface area (Å²) in [6.45, 7) is 5.25. The molecule has 5 heteroatoms. The second-order valence-corrected chi connectivity index (χ2v) is 4.98. The minimum absolute atomic E-state index is 0.262. The van der Waals surface area contributed by atoms with Gasteiger partial charge in [-0.05, 0) is 31.5 Å². The summed E-state index contributed by atoms with van der Waals surface area (Å²) in [6, 6.07) is 5.88. The van der Waals surface area contributed by atoms with Crippen LogP contribution in [0.5, 0.6) is 11.6 Å². The van der Waals surface area contributed by atoms with Crippen LogP contribution in [0.3, 0.4) is 0 Å². The molecule has 0 aliphatic rings. The van der Waals surface area contributed by atoms with Gasteiger partial charge < -0.3 is 10.1 Å². The van der Waals surface area contributed by atoms with Gasteiger partial charge in [-0.25, -0.2) is 4.98 Å². The van der Waals surface area contributed by atoms with E-state index in [0.29, 0.717) is 16.7 Å². The first kappa shape index (κ1) is 14.8. The third-order valence-corrected chi connectivity index (χ3v) is 3.07. The lowest BCUT2D eigenvalue weighted by Crippen LogP contribution is -2.19. The third-order valence-electron chi connectivity index (χ3n) is 2.86. The molecule has 2 rings (SSSR count). The molecule has 1 N–H and O–H groups in total. The minimum Gasteiger partial charge on any atom is -0.437 e. The van der Waals surface area contributed by atoms with Crippen molar-refractivity contribution in [1.82, 2.24) is 15.3 Å². The number of ether oxygens (including phenoxy) is 1. The molecule has 0 saturated carbocycles. The second kappa shape index (κ2) is 7.22. The number of rotatable bonds is 6. The van der Waals surface area contributed by atoms with Crippen molar-refractivity contribution in [3.05, 3.63) is 47.4 Å². The highest BCUT2D eigenvalue weighted by atomic mass is 35.5. The first-order valence-corrected chi connectivity index (χ1v) is 7.04. The number of nitrogens with one attached hydrogen (secondary N) is 1. The van der Waals surface area contributed by atoms with Gasteiger partial charge in [0, 0.05) is 30.6 Å². The Balaban J connectivity index is 2.09. The largest absolute Gasteiger partial charge is 0.437 e. The van der Waals surface area contributed by atoms with E-state index in [1.807, 2.05) is 12.1 Å². The Morgan fingerprint density at radius 1 is 1.35 bits per heavy atom. The van der Waals surface area contributed by atoms with Crippen LogP contribution in [0.4, 0.5) is 0 Å². The van der Waals surface area contributed by atoms with E-state index in [1.54, 1.807) is 24.7 Å². The van der Waals surface area contributed by atoms with Crippen molar-refractivity contribution in [3.8, 4) is 11.6 Å². The lowest BCUT2D eigenvalue weighted by atomic mass is 10.1. The van der Waals surface area contributed by atoms with Gasteiger partial charge in [0.05, 0.1) is 11.2 Å². The molecule has 106 valence electrons. The Morgan fingerprint density at radius 2 is 2.20 bits per heavy atom. The van der Waals surface area contributed by atoms with Gasteiger partial charge >= 0.3 is 0 Å². The van der Waals surface area contributed by atoms with Gasteiger partial charge in [-0.15, -0.1) is 0 Å². The Bertz CT molecular complexity index is 562. The maximum absolute atomic E-state index is 5.88. The molecule has 0 amide bonds. The molecule has 2 heterocycles. The van der Waals surface area contributed by atoms with E-state index in [1.165, 1.54) is 0 Å². The standard InChI is InChI=1S/C15H18ClN3O/c1-3-5-18-11(2)12-4-6-19-15(7-12)20-14-8-13(16)9-17-10-14/h4,6-11,18H,3,5H2,1-2H3. The zero-order valence-electron chi connectivity index (χ0n) is 11.6. The van der Waals surface area contributed by atoms with Gasteiger partial charge in [0.1, 0.15) is 5.75 Å². The van der Waals surface area contributed by atoms with Crippen LogP contribution in [-0.4, -0.2) is 16.5 Å². The molecule has 0 aliphatic carbocycles. The summed E-state index contributed by atoms with van der Waals surface area (Å²) >= 11 is 5.88. The van der Waals surface area contributed by atoms with Crippen molar-refractivity contribution >= 4 is 11.6 Å². The minimum atomic E-state index is 0.262. The van der Waals surface area contributed by atoms with Gasteiger partial charge in [-0.3, -0.25) is 4.98 Å². The van der Waals surface area contributed by atoms with Gasteiger partial charge in [-0.1, -0.05) is 18.5 Å². The van der Waals surface area contributed by atoms with Crippen molar-refractivity contribution in [2.45, 2.75) is 26.3 Å². The number of hydrogen-bond acceptors (Lipinski definition) is 4. The molecule has 0 aliphatic heterocycles. The first-order chi connectivity index (χ1) is 9.69. The predicted octanol–water partition coefficient (Wildman–Crippen LogP) is 3.98. The highest BCUT2D eigenvalue weighted by molar-refractivity contribution is 6.30. The number of halogens is 1. The molecule has 1 unspecified atom stereocenters. The van der Waals surface area contributed by atoms with Crippen LogP contribution in [0, 0.1) is 0 Å². The number of hydrogen-bond donors (Lipinski definition) is 1. The smallest absolute Gasteiger partial charge is 0.219 e. The molecule has 4 nitrogen and oxygen atoms in total. The molecule has 2 aromatic rings. The van der Waals surface area contributed by atoms with Gasteiger partial charge in [0.15, 0.2) is 0 Å². The fraction of sp³-hybridized carbons (Fsp3) is 0.333. The van der Waals surface area contributed by atoms with Crippen LogP contribution in [-0.2, 0) is 0 Å². The Hall–Kier alpha value is -1.65. The molecule has 0 spiro atoms. The molecule has 0 saturated heterocycles. The van der Waals surface area contributed by atoms with Gasteiger partial charge in [-0.2, -0.15) is 0 Å². The summed E-state index contributed by atoms with van der Waals surface area (Å²) in [7, 11) is 0. The average molecular weight is 292 g/mol. The van der Waals surface area contributed by atoms with Crippen molar-refractivity contribution in [3.63, 3.8) is 0 Å². The zero-order valence-corrected chi connectivity index (χ0v) is 12.4. The highest BCUT2D eigenvalue weighted by Gasteiger charge is 2.07. The van der Waals surface area contributed by atoms with E-state index in [2.05, 4.69) is 29.1 Å². The Morgan fingerprint density at radius 3 is 2.95 bits per heavy atom. The Kier molecular flexibility index (Phi) is 5.32. The van der Waals surface area contributed by atoms with Crippen LogP contribution in [0.25, 0.3) is 0 Å². The van der Waals surface area contributed by atoms with E-state index in [-0.39, 0.29) is 6.04 Å². The van der Waals surface area contributed by atoms with E-state index >= 15 is 0 Å². The number of pyridine rings is 2. The molecule has 2 aromatic heterocycles. The summed E-state index contributed by atoms with van der Waals surface area (Å²) in [4.78, 5) is 8.19. The van der Waals surface area contributed by atoms with E-state index in [9.17, 15) is 0 Å². The topological polar surface area (TPSA) is 47.0 Å². The van der Waals surface area contributed by atoms with Crippen LogP contribution >= 0.6 is 11.6 Å². The van der Waals surface area contributed by atoms with Crippen molar-refractivity contribution in [2.75, 3.05) is 6.54 Å². The van der Waals surface area contributed by atoms with Gasteiger partial charge in [0.25, 0.3) is 0 Å². The lowest BCUT2D eigenvalue weighted by Gasteiger charge is -2.14. The predicted molar refractivity (Wildman–Crippen MR) is 80.3 cm³/mol. The van der Waals surface area contributed by atoms with E-state index < -0.39 is 0 Å². The van der Waals surface area contributed by atoms with Crippen molar-refractivity contribution < 1.29 is 4.74 Å². The third kappa shape index (κ3) is 4.18. The zero-order chi connectivity index (χ0) is 14.4. The van der Waals surface area contributed by atoms with Crippen LogP contribution in [0.2, 0.25) is 5.02 Å². The van der Waals surface area contributed by atoms with Crippen LogP contribution in [0.15, 0.2) is 36.8 Å². The van der Waals surface area contributed by atoms with Crippen molar-refractivity contribution in [2.24, 2.45) is 0 Å². The van der Waals surface area contributed by atoms with Crippen LogP contribution in [0.1, 0.15) is 31.9 Å². The molecule has 0 aromatic carbocycles. The summed E-state index contributed by atoms with van der Waals surface area (Å²) in [5.74, 6) is 1.12. The van der Waals surface area contributed by atoms with Crippen LogP contribution < -0.4 is 10.1 Å². The second-order valence-electron chi connectivity index (χ2n) is 4.54. The first-order valence-electron chi connectivity index (χ1n) is 6.66. The molecular formula is C15H18ClN3O. The molecular weight excluding hydrogens is 274 g/mol. The summed E-state index contributed by atoms with van der Waals surface area (Å²) in [5.41, 5.74) is 1.14. The summed E-state index contributed by atoms with van der Waals surface area (Å²) in [6.07, 6.45) is 6.02. The van der Waals surface area contributed by atoms with E-state index in [4.69, 9.17) is 16.3 Å².